The van der Waals surface area contributed by atoms with Gasteiger partial charge in [0.05, 0.1) is 28.5 Å². The van der Waals surface area contributed by atoms with Gasteiger partial charge in [0.25, 0.3) is 5.56 Å². The van der Waals surface area contributed by atoms with E-state index in [1.54, 1.807) is 24.5 Å². The third-order valence-electron chi connectivity index (χ3n) is 6.80. The summed E-state index contributed by atoms with van der Waals surface area (Å²) in [6.45, 7) is 5.77. The Balaban J connectivity index is 1.60. The largest absolute Gasteiger partial charge is 0.463 e. The average molecular weight is 521 g/mol. The number of carbonyl (C=O) groups excluding carboxylic acids is 1. The van der Waals surface area contributed by atoms with E-state index >= 15 is 0 Å². The molecule has 0 aliphatic carbocycles. The van der Waals surface area contributed by atoms with Crippen LogP contribution in [0.5, 0.6) is 0 Å². The number of aromatic nitrogens is 1. The van der Waals surface area contributed by atoms with Crippen molar-refractivity contribution in [2.75, 3.05) is 43.6 Å². The zero-order valence-electron chi connectivity index (χ0n) is 21.7. The second-order valence-electron chi connectivity index (χ2n) is 9.51. The number of hydrogen-bond acceptors (Lipinski definition) is 8. The first-order valence-electron chi connectivity index (χ1n) is 12.7. The first-order chi connectivity index (χ1) is 17.9. The predicted molar refractivity (Wildman–Crippen MR) is 146 cm³/mol. The molecule has 8 nitrogen and oxygen atoms in total. The zero-order chi connectivity index (χ0) is 26.1. The molecule has 0 unspecified atom stereocenters. The third kappa shape index (κ3) is 4.87. The molecule has 37 heavy (non-hydrogen) atoms. The van der Waals surface area contributed by atoms with Gasteiger partial charge in [-0.15, -0.1) is 0 Å². The molecule has 0 N–H and O–H groups in total. The molecular weight excluding hydrogens is 488 g/mol. The third-order valence-corrected chi connectivity index (χ3v) is 7.78. The quantitative estimate of drug-likeness (QED) is 0.463. The molecule has 2 aliphatic rings. The molecule has 0 saturated carbocycles. The second-order valence-corrected chi connectivity index (χ2v) is 10.5. The number of esters is 1. The van der Waals surface area contributed by atoms with Crippen LogP contribution in [0.25, 0.3) is 6.08 Å². The van der Waals surface area contributed by atoms with Gasteiger partial charge in [-0.2, -0.15) is 0 Å². The van der Waals surface area contributed by atoms with Crippen molar-refractivity contribution in [1.29, 1.82) is 0 Å². The van der Waals surface area contributed by atoms with Crippen molar-refractivity contribution in [3.63, 3.8) is 0 Å². The number of hydrogen-bond donors (Lipinski definition) is 0. The monoisotopic (exact) mass is 520 g/mol. The predicted octanol–water partition coefficient (Wildman–Crippen LogP) is 3.45. The number of piperidine rings is 1. The van der Waals surface area contributed by atoms with Crippen LogP contribution in [0.2, 0.25) is 0 Å². The van der Waals surface area contributed by atoms with Crippen molar-refractivity contribution in [2.45, 2.75) is 39.2 Å². The number of rotatable bonds is 6. The highest BCUT2D eigenvalue weighted by molar-refractivity contribution is 7.07. The summed E-state index contributed by atoms with van der Waals surface area (Å²) in [5.41, 5.74) is 2.57. The van der Waals surface area contributed by atoms with Crippen LogP contribution in [0.15, 0.2) is 61.9 Å². The molecule has 1 fully saturated rings. The molecule has 9 heteroatoms. The highest BCUT2D eigenvalue weighted by atomic mass is 32.1. The fourth-order valence-electron chi connectivity index (χ4n) is 4.89. The molecule has 1 saturated heterocycles. The molecule has 4 heterocycles. The van der Waals surface area contributed by atoms with Crippen molar-refractivity contribution >= 4 is 35.0 Å². The van der Waals surface area contributed by atoms with Crippen LogP contribution in [-0.2, 0) is 9.53 Å². The summed E-state index contributed by atoms with van der Waals surface area (Å²) < 4.78 is 13.6. The average Bonchev–Trinajstić information content (AvgIpc) is 3.48. The Kier molecular flexibility index (Phi) is 7.06. The van der Waals surface area contributed by atoms with E-state index in [0.717, 1.165) is 43.1 Å². The van der Waals surface area contributed by atoms with Gasteiger partial charge in [0.2, 0.25) is 0 Å². The minimum atomic E-state index is -0.630. The number of carbonyl (C=O) groups is 1. The summed E-state index contributed by atoms with van der Waals surface area (Å²) in [4.78, 5) is 36.3. The lowest BCUT2D eigenvalue weighted by molar-refractivity contribution is -0.139. The van der Waals surface area contributed by atoms with Crippen LogP contribution in [0.3, 0.4) is 0 Å². The van der Waals surface area contributed by atoms with E-state index in [0.29, 0.717) is 26.4 Å². The molecule has 1 atom stereocenters. The minimum Gasteiger partial charge on any atom is -0.463 e. The summed E-state index contributed by atoms with van der Waals surface area (Å²) >= 11 is 1.30. The Hall–Kier alpha value is -3.59. The van der Waals surface area contributed by atoms with E-state index in [-0.39, 0.29) is 12.2 Å². The minimum absolute atomic E-state index is 0.212. The molecule has 0 radical (unpaired) electrons. The van der Waals surface area contributed by atoms with E-state index in [1.807, 2.05) is 55.4 Å². The van der Waals surface area contributed by atoms with Crippen LogP contribution in [0.4, 0.5) is 11.6 Å². The summed E-state index contributed by atoms with van der Waals surface area (Å²) in [5.74, 6) is 0.994. The van der Waals surface area contributed by atoms with E-state index in [4.69, 9.17) is 9.15 Å². The van der Waals surface area contributed by atoms with Gasteiger partial charge >= 0.3 is 5.97 Å². The normalized spacial score (nSPS) is 18.0. The van der Waals surface area contributed by atoms with Crippen molar-refractivity contribution < 1.29 is 13.9 Å². The summed E-state index contributed by atoms with van der Waals surface area (Å²) in [6.07, 6.45) is 5.34. The molecule has 5 rings (SSSR count). The number of allylic oxidation sites excluding steroid dienone is 1. The van der Waals surface area contributed by atoms with Gasteiger partial charge in [-0.1, -0.05) is 23.5 Å². The molecule has 0 amide bonds. The zero-order valence-corrected chi connectivity index (χ0v) is 22.5. The highest BCUT2D eigenvalue weighted by Crippen LogP contribution is 2.31. The molecule has 1 aromatic carbocycles. The number of ether oxygens (including phenoxy) is 1. The van der Waals surface area contributed by atoms with Gasteiger partial charge in [0.15, 0.2) is 10.7 Å². The Morgan fingerprint density at radius 1 is 1.16 bits per heavy atom. The topological polar surface area (TPSA) is 80.3 Å². The first kappa shape index (κ1) is 25.1. The number of furan rings is 1. The number of fused-ring (bicyclic) bond motifs is 1. The van der Waals surface area contributed by atoms with Crippen molar-refractivity contribution in [1.82, 2.24) is 4.57 Å². The summed E-state index contributed by atoms with van der Waals surface area (Å²) in [5, 5.41) is 0. The smallest absolute Gasteiger partial charge is 0.338 e. The van der Waals surface area contributed by atoms with E-state index < -0.39 is 12.0 Å². The van der Waals surface area contributed by atoms with Crippen LogP contribution >= 0.6 is 11.3 Å². The van der Waals surface area contributed by atoms with Crippen LogP contribution in [-0.4, -0.2) is 44.3 Å². The Morgan fingerprint density at radius 3 is 2.57 bits per heavy atom. The van der Waals surface area contributed by atoms with Gasteiger partial charge in [-0.25, -0.2) is 9.79 Å². The van der Waals surface area contributed by atoms with Crippen LogP contribution in [0.1, 0.15) is 50.5 Å². The number of anilines is 2. The Labute approximate surface area is 219 Å². The molecule has 194 valence electrons. The lowest BCUT2D eigenvalue weighted by Crippen LogP contribution is -2.39. The number of thiazole rings is 1. The van der Waals surface area contributed by atoms with Gasteiger partial charge in [0, 0.05) is 45.0 Å². The SMILES string of the molecule is CCOC(=O)C1=C(C)N=c2s/c(=C/c3ccc(N4CCCCC4)o3)c(=O)n2[C@H]1c1ccc(N(C)C)cc1. The number of benzene rings is 1. The second kappa shape index (κ2) is 10.4. The van der Waals surface area contributed by atoms with Crippen LogP contribution < -0.4 is 24.7 Å². The first-order valence-corrected chi connectivity index (χ1v) is 13.5. The van der Waals surface area contributed by atoms with E-state index in [2.05, 4.69) is 9.89 Å². The van der Waals surface area contributed by atoms with E-state index in [9.17, 15) is 9.59 Å². The van der Waals surface area contributed by atoms with E-state index in [1.165, 1.54) is 17.8 Å². The Morgan fingerprint density at radius 2 is 1.89 bits per heavy atom. The van der Waals surface area contributed by atoms with Gasteiger partial charge in [-0.3, -0.25) is 9.36 Å². The number of nitrogens with zero attached hydrogens (tertiary/aromatic N) is 4. The van der Waals surface area contributed by atoms with Gasteiger partial charge in [0.1, 0.15) is 5.76 Å². The molecule has 0 spiro atoms. The van der Waals surface area contributed by atoms with Crippen LogP contribution in [0, 0.1) is 0 Å². The fourth-order valence-corrected chi connectivity index (χ4v) is 5.92. The highest BCUT2D eigenvalue weighted by Gasteiger charge is 2.33. The molecule has 3 aromatic rings. The lowest BCUT2D eigenvalue weighted by Gasteiger charge is -2.25. The van der Waals surface area contributed by atoms with Gasteiger partial charge in [-0.05, 0) is 56.9 Å². The van der Waals surface area contributed by atoms with Gasteiger partial charge < -0.3 is 19.0 Å². The maximum atomic E-state index is 13.8. The molecule has 2 aliphatic heterocycles. The van der Waals surface area contributed by atoms with Crippen molar-refractivity contribution in [3.8, 4) is 0 Å². The summed E-state index contributed by atoms with van der Waals surface area (Å²) in [7, 11) is 3.94. The fraction of sp³-hybridized carbons (Fsp3) is 0.393. The van der Waals surface area contributed by atoms with Crippen molar-refractivity contribution in [2.24, 2.45) is 4.99 Å². The molecule has 2 aromatic heterocycles. The molecule has 0 bridgehead atoms. The Bertz CT molecular complexity index is 1500. The maximum Gasteiger partial charge on any atom is 0.338 e. The standard InChI is InChI=1S/C28H32N4O4S/c1-5-35-27(34)24-18(2)29-28-32(25(24)19-9-11-20(12-10-19)30(3)4)26(33)22(37-28)17-21-13-14-23(36-21)31-15-7-6-8-16-31/h9-14,17,25H,5-8,15-16H2,1-4H3/b22-17+/t25-/m0/s1. The molecular formula is C28H32N4O4S. The summed E-state index contributed by atoms with van der Waals surface area (Å²) in [6, 6.07) is 11.1. The van der Waals surface area contributed by atoms with Crippen molar-refractivity contribution in [3.05, 3.63) is 78.7 Å². The lowest BCUT2D eigenvalue weighted by atomic mass is 9.95. The maximum absolute atomic E-state index is 13.8.